The van der Waals surface area contributed by atoms with E-state index in [9.17, 15) is 9.90 Å². The molecule has 0 bridgehead atoms. The fourth-order valence-electron chi connectivity index (χ4n) is 1.62. The van der Waals surface area contributed by atoms with Gasteiger partial charge in [-0.05, 0) is 41.5 Å². The molecule has 0 spiro atoms. The summed E-state index contributed by atoms with van der Waals surface area (Å²) >= 11 is 11.6. The van der Waals surface area contributed by atoms with Gasteiger partial charge in [0.2, 0.25) is 0 Å². The Balaban J connectivity index is 2.43. The van der Waals surface area contributed by atoms with Gasteiger partial charge < -0.3 is 5.11 Å². The molecular formula is C15H10Cl2O2. The molecular weight excluding hydrogens is 283 g/mol. The summed E-state index contributed by atoms with van der Waals surface area (Å²) in [6.07, 6.45) is 1.60. The van der Waals surface area contributed by atoms with Gasteiger partial charge in [0.25, 0.3) is 0 Å². The number of hydrogen-bond donors (Lipinski definition) is 1. The highest BCUT2D eigenvalue weighted by atomic mass is 35.5. The van der Waals surface area contributed by atoms with Crippen LogP contribution in [0.2, 0.25) is 10.0 Å². The Morgan fingerprint density at radius 2 is 1.37 bits per heavy atom. The first-order valence-corrected chi connectivity index (χ1v) is 6.28. The van der Waals surface area contributed by atoms with Crippen molar-refractivity contribution in [2.45, 2.75) is 0 Å². The van der Waals surface area contributed by atoms with Gasteiger partial charge in [0.15, 0.2) is 0 Å². The molecule has 4 heteroatoms. The lowest BCUT2D eigenvalue weighted by atomic mass is 10.0. The van der Waals surface area contributed by atoms with Crippen LogP contribution in [-0.2, 0) is 4.79 Å². The average molecular weight is 293 g/mol. The molecule has 19 heavy (non-hydrogen) atoms. The number of aliphatic carboxylic acids is 1. The first kappa shape index (κ1) is 13.7. The smallest absolute Gasteiger partial charge is 0.336 e. The minimum Gasteiger partial charge on any atom is -0.478 e. The van der Waals surface area contributed by atoms with Gasteiger partial charge in [-0.15, -0.1) is 0 Å². The lowest BCUT2D eigenvalue weighted by molar-refractivity contribution is -0.130. The van der Waals surface area contributed by atoms with Gasteiger partial charge >= 0.3 is 5.97 Å². The monoisotopic (exact) mass is 292 g/mol. The molecule has 2 rings (SSSR count). The Morgan fingerprint density at radius 1 is 0.895 bits per heavy atom. The highest BCUT2D eigenvalue weighted by molar-refractivity contribution is 6.31. The zero-order valence-corrected chi connectivity index (χ0v) is 11.3. The van der Waals surface area contributed by atoms with Gasteiger partial charge in [-0.3, -0.25) is 0 Å². The summed E-state index contributed by atoms with van der Waals surface area (Å²) in [4.78, 5) is 11.3. The van der Waals surface area contributed by atoms with Gasteiger partial charge in [-0.2, -0.15) is 0 Å². The Morgan fingerprint density at radius 3 is 1.84 bits per heavy atom. The van der Waals surface area contributed by atoms with Crippen molar-refractivity contribution in [3.63, 3.8) is 0 Å². The number of carboxylic acids is 1. The third-order valence-electron chi connectivity index (χ3n) is 2.57. The molecule has 0 heterocycles. The summed E-state index contributed by atoms with van der Waals surface area (Å²) in [5, 5.41) is 10.5. The predicted molar refractivity (Wildman–Crippen MR) is 78.4 cm³/mol. The van der Waals surface area contributed by atoms with Crippen LogP contribution in [0, 0.1) is 0 Å². The fraction of sp³-hybridized carbons (Fsp3) is 0. The lowest BCUT2D eigenvalue weighted by Gasteiger charge is -2.03. The molecule has 2 aromatic rings. The Kier molecular flexibility index (Phi) is 4.25. The molecule has 0 aliphatic carbocycles. The fourth-order valence-corrected chi connectivity index (χ4v) is 1.88. The van der Waals surface area contributed by atoms with Gasteiger partial charge in [0.1, 0.15) is 0 Å². The maximum Gasteiger partial charge on any atom is 0.336 e. The average Bonchev–Trinajstić information content (AvgIpc) is 2.39. The van der Waals surface area contributed by atoms with Crippen molar-refractivity contribution in [2.75, 3.05) is 0 Å². The topological polar surface area (TPSA) is 37.3 Å². The van der Waals surface area contributed by atoms with E-state index in [1.165, 1.54) is 0 Å². The van der Waals surface area contributed by atoms with E-state index in [0.29, 0.717) is 15.6 Å². The second-order valence-electron chi connectivity index (χ2n) is 3.92. The second-order valence-corrected chi connectivity index (χ2v) is 4.79. The molecule has 0 radical (unpaired) electrons. The minimum atomic E-state index is -0.989. The minimum absolute atomic E-state index is 0.207. The van der Waals surface area contributed by atoms with Gasteiger partial charge in [-0.25, -0.2) is 4.79 Å². The van der Waals surface area contributed by atoms with Crippen LogP contribution in [0.1, 0.15) is 11.1 Å². The Hall–Kier alpha value is -1.77. The van der Waals surface area contributed by atoms with Crippen LogP contribution in [0.3, 0.4) is 0 Å². The van der Waals surface area contributed by atoms with Crippen molar-refractivity contribution in [2.24, 2.45) is 0 Å². The van der Waals surface area contributed by atoms with Crippen LogP contribution in [-0.4, -0.2) is 11.1 Å². The van der Waals surface area contributed by atoms with E-state index < -0.39 is 5.97 Å². The SMILES string of the molecule is O=C(O)/C(=C/c1ccc(Cl)cc1)c1ccc(Cl)cc1. The first-order valence-electron chi connectivity index (χ1n) is 5.53. The highest BCUT2D eigenvalue weighted by Crippen LogP contribution is 2.21. The summed E-state index contributed by atoms with van der Waals surface area (Å²) in [6, 6.07) is 13.6. The third kappa shape index (κ3) is 3.60. The molecule has 0 saturated heterocycles. The molecule has 0 amide bonds. The quantitative estimate of drug-likeness (QED) is 0.662. The van der Waals surface area contributed by atoms with E-state index in [-0.39, 0.29) is 5.57 Å². The van der Waals surface area contributed by atoms with E-state index >= 15 is 0 Å². The first-order chi connectivity index (χ1) is 9.06. The zero-order valence-electron chi connectivity index (χ0n) is 9.81. The molecule has 0 aromatic heterocycles. The Labute approximate surface area is 120 Å². The van der Waals surface area contributed by atoms with Crippen molar-refractivity contribution >= 4 is 40.8 Å². The maximum absolute atomic E-state index is 11.3. The molecule has 0 aliphatic heterocycles. The largest absolute Gasteiger partial charge is 0.478 e. The van der Waals surface area contributed by atoms with Crippen LogP contribution in [0.4, 0.5) is 0 Å². The molecule has 96 valence electrons. The molecule has 0 aliphatic rings. The number of carbonyl (C=O) groups is 1. The summed E-state index contributed by atoms with van der Waals surface area (Å²) in [7, 11) is 0. The molecule has 1 N–H and O–H groups in total. The molecule has 2 nitrogen and oxygen atoms in total. The zero-order chi connectivity index (χ0) is 13.8. The number of halogens is 2. The summed E-state index contributed by atoms with van der Waals surface area (Å²) in [5.41, 5.74) is 1.59. The van der Waals surface area contributed by atoms with Crippen LogP contribution < -0.4 is 0 Å². The van der Waals surface area contributed by atoms with E-state index in [4.69, 9.17) is 23.2 Å². The number of hydrogen-bond acceptors (Lipinski definition) is 1. The number of carboxylic acid groups (broad SMARTS) is 1. The standard InChI is InChI=1S/C15H10Cl2O2/c16-12-5-1-10(2-6-12)9-14(15(18)19)11-3-7-13(17)8-4-11/h1-9H,(H,18,19)/b14-9+. The molecule has 2 aromatic carbocycles. The predicted octanol–water partition coefficient (Wildman–Crippen LogP) is 4.62. The van der Waals surface area contributed by atoms with Crippen molar-refractivity contribution in [1.29, 1.82) is 0 Å². The molecule has 0 unspecified atom stereocenters. The van der Waals surface area contributed by atoms with Crippen LogP contribution in [0.25, 0.3) is 11.6 Å². The Bertz CT molecular complexity index is 614. The molecule has 0 atom stereocenters. The van der Waals surface area contributed by atoms with Gasteiger partial charge in [0.05, 0.1) is 5.57 Å². The summed E-state index contributed by atoms with van der Waals surface area (Å²) in [5.74, 6) is -0.989. The second kappa shape index (κ2) is 5.91. The van der Waals surface area contributed by atoms with E-state index in [0.717, 1.165) is 5.56 Å². The van der Waals surface area contributed by atoms with Crippen molar-refractivity contribution in [1.82, 2.24) is 0 Å². The van der Waals surface area contributed by atoms with Crippen molar-refractivity contribution < 1.29 is 9.90 Å². The van der Waals surface area contributed by atoms with Crippen molar-refractivity contribution in [3.8, 4) is 0 Å². The summed E-state index contributed by atoms with van der Waals surface area (Å²) < 4.78 is 0. The van der Waals surface area contributed by atoms with Crippen LogP contribution >= 0.6 is 23.2 Å². The lowest BCUT2D eigenvalue weighted by Crippen LogP contribution is -1.99. The van der Waals surface area contributed by atoms with Crippen LogP contribution in [0.15, 0.2) is 48.5 Å². The molecule has 0 saturated carbocycles. The maximum atomic E-state index is 11.3. The van der Waals surface area contributed by atoms with E-state index in [2.05, 4.69) is 0 Å². The van der Waals surface area contributed by atoms with Gasteiger partial charge in [0, 0.05) is 10.0 Å². The normalized spacial score (nSPS) is 11.4. The van der Waals surface area contributed by atoms with Gasteiger partial charge in [-0.1, -0.05) is 47.5 Å². The van der Waals surface area contributed by atoms with E-state index in [1.54, 1.807) is 54.6 Å². The third-order valence-corrected chi connectivity index (χ3v) is 3.07. The number of rotatable bonds is 3. The molecule has 0 fully saturated rings. The number of benzene rings is 2. The van der Waals surface area contributed by atoms with Crippen molar-refractivity contribution in [3.05, 3.63) is 69.7 Å². The van der Waals surface area contributed by atoms with E-state index in [1.807, 2.05) is 0 Å². The van der Waals surface area contributed by atoms with Crippen LogP contribution in [0.5, 0.6) is 0 Å². The highest BCUT2D eigenvalue weighted by Gasteiger charge is 2.10. The summed E-state index contributed by atoms with van der Waals surface area (Å²) in [6.45, 7) is 0.